The summed E-state index contributed by atoms with van der Waals surface area (Å²) in [6.07, 6.45) is 1.05. The molecule has 136 valence electrons. The number of aryl methyl sites for hydroxylation is 1. The average molecular weight is 357 g/mol. The molecule has 0 atom stereocenters. The molecule has 0 fully saturated rings. The molecule has 0 aliphatic rings. The second-order valence-electron chi connectivity index (χ2n) is 5.43. The molecule has 8 nitrogen and oxygen atoms in total. The maximum absolute atomic E-state index is 12.2. The summed E-state index contributed by atoms with van der Waals surface area (Å²) in [6.45, 7) is 0. The van der Waals surface area contributed by atoms with Gasteiger partial charge in [0.15, 0.2) is 11.5 Å². The maximum Gasteiger partial charge on any atom is 0.417 e. The van der Waals surface area contributed by atoms with Gasteiger partial charge >= 0.3 is 6.09 Å². The minimum absolute atomic E-state index is 0.390. The Labute approximate surface area is 150 Å². The van der Waals surface area contributed by atoms with E-state index in [-0.39, 0.29) is 0 Å². The number of methoxy groups -OCH3 is 3. The molecular weight excluding hydrogens is 338 g/mol. The zero-order chi connectivity index (χ0) is 18.7. The number of ether oxygens (including phenoxy) is 4. The third-order valence-corrected chi connectivity index (χ3v) is 3.82. The van der Waals surface area contributed by atoms with Gasteiger partial charge in [-0.1, -0.05) is 0 Å². The van der Waals surface area contributed by atoms with Crippen LogP contribution in [0, 0.1) is 0 Å². The summed E-state index contributed by atoms with van der Waals surface area (Å²) < 4.78 is 23.0. The van der Waals surface area contributed by atoms with Gasteiger partial charge in [0, 0.05) is 25.2 Å². The fourth-order valence-electron chi connectivity index (χ4n) is 2.58. The van der Waals surface area contributed by atoms with Crippen molar-refractivity contribution in [2.75, 3.05) is 26.6 Å². The predicted octanol–water partition coefficient (Wildman–Crippen LogP) is 3.21. The highest BCUT2D eigenvalue weighted by Crippen LogP contribution is 2.39. The molecule has 3 rings (SSSR count). The molecule has 3 aromatic rings. The van der Waals surface area contributed by atoms with Gasteiger partial charge in [-0.25, -0.2) is 9.78 Å². The van der Waals surface area contributed by atoms with E-state index in [2.05, 4.69) is 10.3 Å². The number of carbonyl (C=O) groups is 1. The van der Waals surface area contributed by atoms with Crippen LogP contribution in [0.15, 0.2) is 36.7 Å². The molecule has 1 N–H and O–H groups in total. The molecule has 1 heterocycles. The van der Waals surface area contributed by atoms with Crippen LogP contribution in [0.1, 0.15) is 0 Å². The number of aromatic nitrogens is 2. The van der Waals surface area contributed by atoms with E-state index in [0.29, 0.717) is 28.7 Å². The Kier molecular flexibility index (Phi) is 4.83. The standard InChI is InChI=1S/C18H19N3O5/c1-21-10-19-13-9-12(5-6-14(13)21)26-18(22)20-11-7-15(23-2)17(25-4)16(8-11)24-3/h5-10H,1-4H3,(H,20,22). The fraction of sp³-hybridized carbons (Fsp3) is 0.222. The molecule has 2 aromatic carbocycles. The van der Waals surface area contributed by atoms with E-state index in [1.807, 2.05) is 17.7 Å². The Morgan fingerprint density at radius 3 is 2.35 bits per heavy atom. The first-order chi connectivity index (χ1) is 12.5. The maximum atomic E-state index is 12.2. The Morgan fingerprint density at radius 2 is 1.73 bits per heavy atom. The smallest absolute Gasteiger partial charge is 0.417 e. The first kappa shape index (κ1) is 17.4. The summed E-state index contributed by atoms with van der Waals surface area (Å²) in [5.41, 5.74) is 2.14. The van der Waals surface area contributed by atoms with Crippen LogP contribution < -0.4 is 24.3 Å². The van der Waals surface area contributed by atoms with Crippen molar-refractivity contribution >= 4 is 22.8 Å². The number of hydrogen-bond donors (Lipinski definition) is 1. The van der Waals surface area contributed by atoms with Gasteiger partial charge in [0.25, 0.3) is 0 Å². The zero-order valence-corrected chi connectivity index (χ0v) is 14.9. The first-order valence-electron chi connectivity index (χ1n) is 7.75. The summed E-state index contributed by atoms with van der Waals surface area (Å²) in [6, 6.07) is 8.47. The topological polar surface area (TPSA) is 83.8 Å². The van der Waals surface area contributed by atoms with E-state index in [1.54, 1.807) is 30.6 Å². The van der Waals surface area contributed by atoms with Gasteiger partial charge in [-0.2, -0.15) is 0 Å². The molecule has 0 saturated carbocycles. The third-order valence-electron chi connectivity index (χ3n) is 3.82. The van der Waals surface area contributed by atoms with E-state index in [1.165, 1.54) is 21.3 Å². The Hall–Kier alpha value is -3.42. The van der Waals surface area contributed by atoms with Gasteiger partial charge in [-0.05, 0) is 12.1 Å². The van der Waals surface area contributed by atoms with Crippen LogP contribution in [0.5, 0.6) is 23.0 Å². The summed E-state index contributed by atoms with van der Waals surface area (Å²) in [5.74, 6) is 1.68. The second-order valence-corrected chi connectivity index (χ2v) is 5.43. The highest BCUT2D eigenvalue weighted by molar-refractivity contribution is 5.88. The molecule has 0 radical (unpaired) electrons. The van der Waals surface area contributed by atoms with Crippen LogP contribution in [0.2, 0.25) is 0 Å². The van der Waals surface area contributed by atoms with Crippen molar-refractivity contribution in [2.24, 2.45) is 7.05 Å². The molecular formula is C18H19N3O5. The lowest BCUT2D eigenvalue weighted by atomic mass is 10.2. The molecule has 1 aromatic heterocycles. The lowest BCUT2D eigenvalue weighted by Gasteiger charge is -2.14. The molecule has 0 aliphatic carbocycles. The molecule has 0 saturated heterocycles. The van der Waals surface area contributed by atoms with Crippen LogP contribution >= 0.6 is 0 Å². The summed E-state index contributed by atoms with van der Waals surface area (Å²) >= 11 is 0. The summed E-state index contributed by atoms with van der Waals surface area (Å²) in [4.78, 5) is 16.4. The molecule has 0 spiro atoms. The van der Waals surface area contributed by atoms with Gasteiger partial charge < -0.3 is 23.5 Å². The van der Waals surface area contributed by atoms with Crippen LogP contribution in [0.25, 0.3) is 11.0 Å². The van der Waals surface area contributed by atoms with Crippen LogP contribution in [0.3, 0.4) is 0 Å². The molecule has 1 amide bonds. The van der Waals surface area contributed by atoms with Crippen molar-refractivity contribution in [3.8, 4) is 23.0 Å². The molecule has 26 heavy (non-hydrogen) atoms. The van der Waals surface area contributed by atoms with Gasteiger partial charge in [0.1, 0.15) is 5.75 Å². The second kappa shape index (κ2) is 7.22. The summed E-state index contributed by atoms with van der Waals surface area (Å²) in [5, 5.41) is 2.64. The molecule has 0 unspecified atom stereocenters. The lowest BCUT2D eigenvalue weighted by Crippen LogP contribution is -2.17. The van der Waals surface area contributed by atoms with Crippen LogP contribution in [-0.2, 0) is 7.05 Å². The van der Waals surface area contributed by atoms with Crippen molar-refractivity contribution in [3.63, 3.8) is 0 Å². The van der Waals surface area contributed by atoms with Crippen molar-refractivity contribution < 1.29 is 23.7 Å². The zero-order valence-electron chi connectivity index (χ0n) is 14.9. The largest absolute Gasteiger partial charge is 0.493 e. The molecule has 8 heteroatoms. The number of benzene rings is 2. The minimum Gasteiger partial charge on any atom is -0.493 e. The van der Waals surface area contributed by atoms with Crippen LogP contribution in [0.4, 0.5) is 10.5 Å². The van der Waals surface area contributed by atoms with Gasteiger partial charge in [-0.3, -0.25) is 5.32 Å². The number of nitrogens with one attached hydrogen (secondary N) is 1. The van der Waals surface area contributed by atoms with Crippen molar-refractivity contribution in [1.82, 2.24) is 9.55 Å². The first-order valence-corrected chi connectivity index (χ1v) is 7.75. The Bertz CT molecular complexity index is 926. The SMILES string of the molecule is COc1cc(NC(=O)Oc2ccc3c(c2)ncn3C)cc(OC)c1OC. The number of rotatable bonds is 5. The number of anilines is 1. The van der Waals surface area contributed by atoms with Crippen LogP contribution in [-0.4, -0.2) is 37.0 Å². The number of carbonyl (C=O) groups excluding carboxylic acids is 1. The lowest BCUT2D eigenvalue weighted by molar-refractivity contribution is 0.215. The number of hydrogen-bond acceptors (Lipinski definition) is 6. The van der Waals surface area contributed by atoms with Gasteiger partial charge in [0.2, 0.25) is 5.75 Å². The Morgan fingerprint density at radius 1 is 1.04 bits per heavy atom. The number of fused-ring (bicyclic) bond motifs is 1. The fourth-order valence-corrected chi connectivity index (χ4v) is 2.58. The quantitative estimate of drug-likeness (QED) is 0.755. The monoisotopic (exact) mass is 357 g/mol. The molecule has 0 bridgehead atoms. The average Bonchev–Trinajstić information content (AvgIpc) is 3.01. The normalized spacial score (nSPS) is 10.5. The van der Waals surface area contributed by atoms with E-state index < -0.39 is 6.09 Å². The number of nitrogens with zero attached hydrogens (tertiary/aromatic N) is 2. The van der Waals surface area contributed by atoms with Gasteiger partial charge in [-0.15, -0.1) is 0 Å². The van der Waals surface area contributed by atoms with E-state index in [4.69, 9.17) is 18.9 Å². The van der Waals surface area contributed by atoms with Crippen molar-refractivity contribution in [1.29, 1.82) is 0 Å². The minimum atomic E-state index is -0.644. The molecule has 0 aliphatic heterocycles. The number of imidazole rings is 1. The van der Waals surface area contributed by atoms with Gasteiger partial charge in [0.05, 0.1) is 44.4 Å². The Balaban J connectivity index is 1.78. The van der Waals surface area contributed by atoms with Crippen molar-refractivity contribution in [2.45, 2.75) is 0 Å². The highest BCUT2D eigenvalue weighted by atomic mass is 16.6. The van der Waals surface area contributed by atoms with E-state index in [0.717, 1.165) is 11.0 Å². The number of amides is 1. The highest BCUT2D eigenvalue weighted by Gasteiger charge is 2.15. The predicted molar refractivity (Wildman–Crippen MR) is 96.5 cm³/mol. The van der Waals surface area contributed by atoms with Crippen molar-refractivity contribution in [3.05, 3.63) is 36.7 Å². The summed E-state index contributed by atoms with van der Waals surface area (Å²) in [7, 11) is 6.41. The van der Waals surface area contributed by atoms with E-state index >= 15 is 0 Å². The van der Waals surface area contributed by atoms with E-state index in [9.17, 15) is 4.79 Å². The third kappa shape index (κ3) is 3.34.